The second-order valence-electron chi connectivity index (χ2n) is 6.52. The number of halogens is 6. The van der Waals surface area contributed by atoms with Crippen LogP contribution in [0, 0.1) is 23.3 Å². The van der Waals surface area contributed by atoms with E-state index in [0.717, 1.165) is 30.5 Å². The van der Waals surface area contributed by atoms with Crippen LogP contribution in [0.5, 0.6) is 0 Å². The molecule has 0 bridgehead atoms. The SMILES string of the molecule is CCCc1ccc(-c2ccc(/C(F)=C(\F)c3cc(F)c(F)c(F)c3)c(F)c2)cc1. The van der Waals surface area contributed by atoms with Gasteiger partial charge in [0.05, 0.1) is 0 Å². The maximum atomic E-state index is 14.4. The fourth-order valence-corrected chi connectivity index (χ4v) is 2.95. The Bertz CT molecular complexity index is 1040. The third-order valence-corrected chi connectivity index (χ3v) is 4.46. The molecule has 0 unspecified atom stereocenters. The van der Waals surface area contributed by atoms with Crippen molar-refractivity contribution in [1.29, 1.82) is 0 Å². The minimum absolute atomic E-state index is 0.303. The summed E-state index contributed by atoms with van der Waals surface area (Å²) in [7, 11) is 0. The van der Waals surface area contributed by atoms with Crippen molar-refractivity contribution in [2.75, 3.05) is 0 Å². The average Bonchev–Trinajstić information content (AvgIpc) is 2.71. The zero-order valence-corrected chi connectivity index (χ0v) is 15.4. The molecule has 29 heavy (non-hydrogen) atoms. The second-order valence-corrected chi connectivity index (χ2v) is 6.52. The van der Waals surface area contributed by atoms with Crippen LogP contribution in [0.3, 0.4) is 0 Å². The van der Waals surface area contributed by atoms with Crippen molar-refractivity contribution in [2.45, 2.75) is 19.8 Å². The van der Waals surface area contributed by atoms with Crippen molar-refractivity contribution >= 4 is 11.7 Å². The Morgan fingerprint density at radius 3 is 1.83 bits per heavy atom. The number of hydrogen-bond donors (Lipinski definition) is 0. The molecule has 0 saturated heterocycles. The summed E-state index contributed by atoms with van der Waals surface area (Å²) >= 11 is 0. The maximum absolute atomic E-state index is 14.4. The Morgan fingerprint density at radius 1 is 0.690 bits per heavy atom. The largest absolute Gasteiger partial charge is 0.206 e. The van der Waals surface area contributed by atoms with Crippen LogP contribution in [0.1, 0.15) is 30.0 Å². The van der Waals surface area contributed by atoms with Crippen LogP contribution in [0.25, 0.3) is 22.8 Å². The Balaban J connectivity index is 1.96. The monoisotopic (exact) mass is 406 g/mol. The summed E-state index contributed by atoms with van der Waals surface area (Å²) in [5.74, 6) is -9.54. The molecule has 3 aromatic carbocycles. The van der Waals surface area contributed by atoms with Gasteiger partial charge in [-0.3, -0.25) is 0 Å². The molecule has 0 heterocycles. The van der Waals surface area contributed by atoms with E-state index < -0.39 is 46.0 Å². The van der Waals surface area contributed by atoms with E-state index >= 15 is 0 Å². The molecule has 3 rings (SSSR count). The standard InChI is InChI=1S/C23H16F6/c1-2-3-13-4-6-14(7-5-13)15-8-9-17(18(24)10-15)22(28)21(27)16-11-19(25)23(29)20(26)12-16/h4-12H,2-3H2,1H3/b22-21+. The Labute approximate surface area is 164 Å². The molecule has 0 atom stereocenters. The van der Waals surface area contributed by atoms with Crippen LogP contribution in [-0.4, -0.2) is 0 Å². The molecule has 0 radical (unpaired) electrons. The average molecular weight is 406 g/mol. The molecule has 0 amide bonds. The number of hydrogen-bond acceptors (Lipinski definition) is 0. The van der Waals surface area contributed by atoms with Crippen molar-refractivity contribution in [3.8, 4) is 11.1 Å². The van der Waals surface area contributed by atoms with Crippen molar-refractivity contribution in [3.05, 3.63) is 94.6 Å². The predicted octanol–water partition coefficient (Wildman–Crippen LogP) is 7.63. The number of benzene rings is 3. The highest BCUT2D eigenvalue weighted by Crippen LogP contribution is 2.33. The van der Waals surface area contributed by atoms with E-state index in [2.05, 4.69) is 6.92 Å². The zero-order chi connectivity index (χ0) is 21.1. The molecule has 0 aliphatic carbocycles. The molecular weight excluding hydrogens is 390 g/mol. The minimum atomic E-state index is -1.80. The summed E-state index contributed by atoms with van der Waals surface area (Å²) in [5, 5.41) is 0. The third-order valence-electron chi connectivity index (χ3n) is 4.46. The second kappa shape index (κ2) is 8.55. The normalized spacial score (nSPS) is 12.1. The van der Waals surface area contributed by atoms with Gasteiger partial charge < -0.3 is 0 Å². The van der Waals surface area contributed by atoms with Crippen LogP contribution in [0.2, 0.25) is 0 Å². The predicted molar refractivity (Wildman–Crippen MR) is 101 cm³/mol. The Kier molecular flexibility index (Phi) is 6.11. The van der Waals surface area contributed by atoms with Gasteiger partial charge in [0.2, 0.25) is 0 Å². The van der Waals surface area contributed by atoms with E-state index in [1.807, 2.05) is 12.1 Å². The smallest absolute Gasteiger partial charge is 0.194 e. The van der Waals surface area contributed by atoms with Gasteiger partial charge in [0.1, 0.15) is 5.82 Å². The van der Waals surface area contributed by atoms with Crippen LogP contribution in [-0.2, 0) is 6.42 Å². The molecule has 3 aromatic rings. The van der Waals surface area contributed by atoms with E-state index in [1.54, 1.807) is 12.1 Å². The molecular formula is C23H16F6. The molecule has 0 aromatic heterocycles. The summed E-state index contributed by atoms with van der Waals surface area (Å²) in [6.07, 6.45) is 1.90. The van der Waals surface area contributed by atoms with Crippen LogP contribution >= 0.6 is 0 Å². The first-order valence-electron chi connectivity index (χ1n) is 8.91. The molecule has 0 N–H and O–H groups in total. The molecule has 150 valence electrons. The van der Waals surface area contributed by atoms with Gasteiger partial charge in [0.25, 0.3) is 0 Å². The quantitative estimate of drug-likeness (QED) is 0.232. The number of aryl methyl sites for hydroxylation is 1. The van der Waals surface area contributed by atoms with Crippen molar-refractivity contribution in [3.63, 3.8) is 0 Å². The van der Waals surface area contributed by atoms with Crippen molar-refractivity contribution in [1.82, 2.24) is 0 Å². The van der Waals surface area contributed by atoms with Crippen LogP contribution in [0.15, 0.2) is 54.6 Å². The fraction of sp³-hybridized carbons (Fsp3) is 0.130. The van der Waals surface area contributed by atoms with Gasteiger partial charge in [-0.05, 0) is 47.4 Å². The summed E-state index contributed by atoms with van der Waals surface area (Å²) in [6.45, 7) is 2.05. The first-order valence-corrected chi connectivity index (χ1v) is 8.91. The van der Waals surface area contributed by atoms with Gasteiger partial charge in [-0.1, -0.05) is 43.7 Å². The van der Waals surface area contributed by atoms with Crippen molar-refractivity contribution in [2.24, 2.45) is 0 Å². The lowest BCUT2D eigenvalue weighted by Gasteiger charge is -2.08. The molecule has 0 saturated carbocycles. The molecule has 0 spiro atoms. The number of rotatable bonds is 5. The van der Waals surface area contributed by atoms with E-state index in [0.29, 0.717) is 23.3 Å². The van der Waals surface area contributed by atoms with E-state index in [1.165, 1.54) is 6.07 Å². The first kappa shape index (κ1) is 20.7. The lowest BCUT2D eigenvalue weighted by Crippen LogP contribution is -1.95. The van der Waals surface area contributed by atoms with Crippen LogP contribution < -0.4 is 0 Å². The third kappa shape index (κ3) is 4.36. The summed E-state index contributed by atoms with van der Waals surface area (Å²) in [6, 6.07) is 11.5. The Morgan fingerprint density at radius 2 is 1.28 bits per heavy atom. The summed E-state index contributed by atoms with van der Waals surface area (Å²) in [4.78, 5) is 0. The van der Waals surface area contributed by atoms with Crippen LogP contribution in [0.4, 0.5) is 26.3 Å². The molecule has 0 aliphatic heterocycles. The van der Waals surface area contributed by atoms with E-state index in [9.17, 15) is 26.3 Å². The molecule has 0 nitrogen and oxygen atoms in total. The molecule has 6 heteroatoms. The van der Waals surface area contributed by atoms with E-state index in [4.69, 9.17) is 0 Å². The minimum Gasteiger partial charge on any atom is -0.206 e. The van der Waals surface area contributed by atoms with Gasteiger partial charge in [-0.25, -0.2) is 26.3 Å². The summed E-state index contributed by atoms with van der Waals surface area (Å²) in [5.41, 5.74) is 0.709. The Hall–Kier alpha value is -3.02. The maximum Gasteiger partial charge on any atom is 0.194 e. The first-order chi connectivity index (χ1) is 13.8. The highest BCUT2D eigenvalue weighted by Gasteiger charge is 2.19. The fourth-order valence-electron chi connectivity index (χ4n) is 2.95. The van der Waals surface area contributed by atoms with Gasteiger partial charge in [0.15, 0.2) is 29.1 Å². The van der Waals surface area contributed by atoms with Gasteiger partial charge >= 0.3 is 0 Å². The van der Waals surface area contributed by atoms with Crippen molar-refractivity contribution < 1.29 is 26.3 Å². The van der Waals surface area contributed by atoms with E-state index in [-0.39, 0.29) is 0 Å². The highest BCUT2D eigenvalue weighted by atomic mass is 19.2. The van der Waals surface area contributed by atoms with Gasteiger partial charge in [0, 0.05) is 11.1 Å². The topological polar surface area (TPSA) is 0 Å². The van der Waals surface area contributed by atoms with Gasteiger partial charge in [-0.15, -0.1) is 0 Å². The molecule has 0 aliphatic rings. The molecule has 0 fully saturated rings. The summed E-state index contributed by atoms with van der Waals surface area (Å²) < 4.78 is 82.7. The van der Waals surface area contributed by atoms with Gasteiger partial charge in [-0.2, -0.15) is 0 Å². The zero-order valence-electron chi connectivity index (χ0n) is 15.4. The lowest BCUT2D eigenvalue weighted by molar-refractivity contribution is 0.446. The lowest BCUT2D eigenvalue weighted by atomic mass is 10.00. The highest BCUT2D eigenvalue weighted by molar-refractivity contribution is 5.84.